The van der Waals surface area contributed by atoms with Crippen LogP contribution >= 0.6 is 0 Å². The normalized spacial score (nSPS) is 23.9. The third-order valence-corrected chi connectivity index (χ3v) is 3.10. The van der Waals surface area contributed by atoms with Gasteiger partial charge in [0.25, 0.3) is 0 Å². The zero-order chi connectivity index (χ0) is 10.8. The highest BCUT2D eigenvalue weighted by Crippen LogP contribution is 2.35. The van der Waals surface area contributed by atoms with Crippen molar-refractivity contribution in [2.75, 3.05) is 6.61 Å². The summed E-state index contributed by atoms with van der Waals surface area (Å²) in [5.41, 5.74) is 8.79. The molecule has 2 atom stereocenters. The molecule has 0 amide bonds. The van der Waals surface area contributed by atoms with Gasteiger partial charge in [0.05, 0.1) is 6.61 Å². The van der Waals surface area contributed by atoms with Gasteiger partial charge in [-0.3, -0.25) is 0 Å². The molecule has 0 radical (unpaired) electrons. The lowest BCUT2D eigenvalue weighted by Gasteiger charge is -2.11. The third kappa shape index (κ3) is 2.00. The molecule has 2 unspecified atom stereocenters. The number of benzene rings is 1. The molecule has 0 aliphatic heterocycles. The van der Waals surface area contributed by atoms with E-state index >= 15 is 0 Å². The van der Waals surface area contributed by atoms with Gasteiger partial charge < -0.3 is 10.5 Å². The Morgan fingerprint density at radius 2 is 2.27 bits per heavy atom. The van der Waals surface area contributed by atoms with E-state index in [1.165, 1.54) is 11.1 Å². The lowest BCUT2D eigenvalue weighted by molar-refractivity contribution is 0.317. The van der Waals surface area contributed by atoms with E-state index in [4.69, 9.17) is 10.5 Å². The smallest absolute Gasteiger partial charge is 0.119 e. The summed E-state index contributed by atoms with van der Waals surface area (Å²) in [6.45, 7) is 5.10. The lowest BCUT2D eigenvalue weighted by Crippen LogP contribution is -2.13. The highest BCUT2D eigenvalue weighted by molar-refractivity contribution is 5.41. The second-order valence-corrected chi connectivity index (χ2v) is 4.42. The maximum atomic E-state index is 6.13. The van der Waals surface area contributed by atoms with Gasteiger partial charge in [-0.2, -0.15) is 0 Å². The predicted molar refractivity (Wildman–Crippen MR) is 62.0 cm³/mol. The minimum Gasteiger partial charge on any atom is -0.494 e. The van der Waals surface area contributed by atoms with Crippen molar-refractivity contribution < 1.29 is 4.74 Å². The zero-order valence-corrected chi connectivity index (χ0v) is 9.49. The number of nitrogens with two attached hydrogens (primary N) is 1. The first-order valence-electron chi connectivity index (χ1n) is 5.73. The van der Waals surface area contributed by atoms with Crippen LogP contribution in [0.1, 0.15) is 37.4 Å². The van der Waals surface area contributed by atoms with Crippen LogP contribution in [0.5, 0.6) is 5.75 Å². The molecule has 0 saturated carbocycles. The minimum atomic E-state index is 0.185. The fourth-order valence-electron chi connectivity index (χ4n) is 2.16. The molecular weight excluding hydrogens is 186 g/mol. The average molecular weight is 205 g/mol. The van der Waals surface area contributed by atoms with Crippen molar-refractivity contribution in [2.45, 2.75) is 32.7 Å². The number of fused-ring (bicyclic) bond motifs is 1. The van der Waals surface area contributed by atoms with Crippen LogP contribution < -0.4 is 10.5 Å². The highest BCUT2D eigenvalue weighted by Gasteiger charge is 2.26. The molecule has 0 saturated heterocycles. The Morgan fingerprint density at radius 3 is 3.00 bits per heavy atom. The lowest BCUT2D eigenvalue weighted by atomic mass is 10.0. The van der Waals surface area contributed by atoms with Gasteiger partial charge in [0.15, 0.2) is 0 Å². The summed E-state index contributed by atoms with van der Waals surface area (Å²) in [7, 11) is 0. The molecule has 1 aliphatic rings. The molecule has 1 aromatic carbocycles. The Balaban J connectivity index is 2.20. The second-order valence-electron chi connectivity index (χ2n) is 4.42. The largest absolute Gasteiger partial charge is 0.494 e. The van der Waals surface area contributed by atoms with Crippen molar-refractivity contribution >= 4 is 0 Å². The fourth-order valence-corrected chi connectivity index (χ4v) is 2.16. The summed E-state index contributed by atoms with van der Waals surface area (Å²) in [4.78, 5) is 0. The van der Waals surface area contributed by atoms with E-state index in [2.05, 4.69) is 32.0 Å². The Morgan fingerprint density at radius 1 is 1.47 bits per heavy atom. The van der Waals surface area contributed by atoms with Crippen LogP contribution in [0.25, 0.3) is 0 Å². The van der Waals surface area contributed by atoms with Crippen molar-refractivity contribution in [3.8, 4) is 5.75 Å². The Kier molecular flexibility index (Phi) is 2.96. The van der Waals surface area contributed by atoms with E-state index in [0.717, 1.165) is 25.2 Å². The molecular formula is C13H19NO. The molecule has 1 aromatic rings. The van der Waals surface area contributed by atoms with Gasteiger partial charge in [-0.05, 0) is 42.0 Å². The summed E-state index contributed by atoms with van der Waals surface area (Å²) in [5.74, 6) is 1.52. The third-order valence-electron chi connectivity index (χ3n) is 3.10. The van der Waals surface area contributed by atoms with Crippen LogP contribution in [0, 0.1) is 5.92 Å². The maximum Gasteiger partial charge on any atom is 0.119 e. The zero-order valence-electron chi connectivity index (χ0n) is 9.49. The number of hydrogen-bond donors (Lipinski definition) is 1. The van der Waals surface area contributed by atoms with Gasteiger partial charge in [0, 0.05) is 6.04 Å². The Labute approximate surface area is 91.4 Å². The van der Waals surface area contributed by atoms with Crippen LogP contribution in [0.3, 0.4) is 0 Å². The molecule has 82 valence electrons. The topological polar surface area (TPSA) is 35.2 Å². The highest BCUT2D eigenvalue weighted by atomic mass is 16.5. The maximum absolute atomic E-state index is 6.13. The van der Waals surface area contributed by atoms with Crippen molar-refractivity contribution in [1.82, 2.24) is 0 Å². The van der Waals surface area contributed by atoms with Gasteiger partial charge in [-0.15, -0.1) is 0 Å². The monoisotopic (exact) mass is 205 g/mol. The van der Waals surface area contributed by atoms with E-state index in [-0.39, 0.29) is 6.04 Å². The van der Waals surface area contributed by atoms with Crippen molar-refractivity contribution in [1.29, 1.82) is 0 Å². The van der Waals surface area contributed by atoms with Crippen LogP contribution in [0.4, 0.5) is 0 Å². The van der Waals surface area contributed by atoms with Gasteiger partial charge in [-0.25, -0.2) is 0 Å². The molecule has 0 spiro atoms. The number of ether oxygens (including phenoxy) is 1. The Bertz CT molecular complexity index is 348. The van der Waals surface area contributed by atoms with E-state index in [0.29, 0.717) is 5.92 Å². The quantitative estimate of drug-likeness (QED) is 0.823. The van der Waals surface area contributed by atoms with Crippen LogP contribution in [0.2, 0.25) is 0 Å². The van der Waals surface area contributed by atoms with Crippen molar-refractivity contribution in [3.63, 3.8) is 0 Å². The molecule has 0 aromatic heterocycles. The Hall–Kier alpha value is -1.02. The predicted octanol–water partition coefficient (Wildman–Crippen LogP) is 2.67. The molecule has 15 heavy (non-hydrogen) atoms. The van der Waals surface area contributed by atoms with E-state index < -0.39 is 0 Å². The van der Waals surface area contributed by atoms with Crippen molar-refractivity contribution in [2.24, 2.45) is 11.7 Å². The SMILES string of the molecule is CCCOc1ccc2c(c1)C(N)C(C)C2. The summed E-state index contributed by atoms with van der Waals surface area (Å²) < 4.78 is 5.61. The number of hydrogen-bond acceptors (Lipinski definition) is 2. The van der Waals surface area contributed by atoms with Crippen LogP contribution in [-0.4, -0.2) is 6.61 Å². The summed E-state index contributed by atoms with van der Waals surface area (Å²) in [5, 5.41) is 0. The minimum absolute atomic E-state index is 0.185. The summed E-state index contributed by atoms with van der Waals surface area (Å²) in [6, 6.07) is 6.51. The van der Waals surface area contributed by atoms with Gasteiger partial charge in [0.2, 0.25) is 0 Å². The van der Waals surface area contributed by atoms with Crippen molar-refractivity contribution in [3.05, 3.63) is 29.3 Å². The molecule has 0 bridgehead atoms. The van der Waals surface area contributed by atoms with Gasteiger partial charge in [-0.1, -0.05) is 19.9 Å². The van der Waals surface area contributed by atoms with Gasteiger partial charge >= 0.3 is 0 Å². The number of rotatable bonds is 3. The molecule has 2 heteroatoms. The first-order valence-corrected chi connectivity index (χ1v) is 5.73. The van der Waals surface area contributed by atoms with E-state index in [1.54, 1.807) is 0 Å². The molecule has 2 nitrogen and oxygen atoms in total. The van der Waals surface area contributed by atoms with Crippen LogP contribution in [0.15, 0.2) is 18.2 Å². The molecule has 2 rings (SSSR count). The average Bonchev–Trinajstić information content (AvgIpc) is 2.52. The summed E-state index contributed by atoms with van der Waals surface area (Å²) >= 11 is 0. The first-order chi connectivity index (χ1) is 7.22. The molecule has 2 N–H and O–H groups in total. The fraction of sp³-hybridized carbons (Fsp3) is 0.538. The van der Waals surface area contributed by atoms with Crippen LogP contribution in [-0.2, 0) is 6.42 Å². The first kappa shape index (κ1) is 10.5. The van der Waals surface area contributed by atoms with E-state index in [9.17, 15) is 0 Å². The second kappa shape index (κ2) is 4.23. The van der Waals surface area contributed by atoms with Gasteiger partial charge in [0.1, 0.15) is 5.75 Å². The molecule has 0 fully saturated rings. The molecule has 0 heterocycles. The van der Waals surface area contributed by atoms with E-state index in [1.807, 2.05) is 0 Å². The molecule has 1 aliphatic carbocycles. The standard InChI is InChI=1S/C13H19NO/c1-3-6-15-11-5-4-10-7-9(2)13(14)12(10)8-11/h4-5,8-9,13H,3,6-7,14H2,1-2H3. The summed E-state index contributed by atoms with van der Waals surface area (Å²) in [6.07, 6.45) is 2.14.